The Morgan fingerprint density at radius 1 is 0.850 bits per heavy atom. The Bertz CT molecular complexity index is 186. The lowest BCUT2D eigenvalue weighted by molar-refractivity contribution is 0.183. The zero-order valence-electron chi connectivity index (χ0n) is 15.0. The predicted octanol–water partition coefficient (Wildman–Crippen LogP) is 4.65. The number of likely N-dealkylation sites (N-methyl/N-ethyl adjacent to an activating group) is 1. The number of hydrogen-bond acceptors (Lipinski definition) is 2. The molecule has 0 bridgehead atoms. The minimum absolute atomic E-state index is 0.988. The maximum Gasteiger partial charge on any atom is 0.0109 e. The highest BCUT2D eigenvalue weighted by Crippen LogP contribution is 2.24. The van der Waals surface area contributed by atoms with Crippen molar-refractivity contribution >= 4 is 0 Å². The smallest absolute Gasteiger partial charge is 0.0109 e. The quantitative estimate of drug-likeness (QED) is 0.569. The average Bonchev–Trinajstić information content (AvgIpc) is 2.48. The summed E-state index contributed by atoms with van der Waals surface area (Å²) in [6.45, 7) is 11.4. The molecule has 2 heteroatoms. The summed E-state index contributed by atoms with van der Waals surface area (Å²) < 4.78 is 0. The van der Waals surface area contributed by atoms with Gasteiger partial charge in [-0.1, -0.05) is 52.9 Å². The van der Waals surface area contributed by atoms with Gasteiger partial charge in [-0.15, -0.1) is 0 Å². The lowest BCUT2D eigenvalue weighted by Crippen LogP contribution is -2.36. The Balaban J connectivity index is 0.00000172. The first kappa shape index (κ1) is 19.9. The van der Waals surface area contributed by atoms with E-state index in [2.05, 4.69) is 30.8 Å². The molecule has 1 aliphatic carbocycles. The number of nitrogens with zero attached hydrogens (tertiary/aromatic N) is 2. The zero-order valence-corrected chi connectivity index (χ0v) is 15.0. The molecule has 0 unspecified atom stereocenters. The van der Waals surface area contributed by atoms with Gasteiger partial charge in [-0.25, -0.2) is 0 Å². The molecule has 0 heterocycles. The van der Waals surface area contributed by atoms with E-state index in [9.17, 15) is 0 Å². The van der Waals surface area contributed by atoms with Crippen molar-refractivity contribution in [3.8, 4) is 0 Å². The van der Waals surface area contributed by atoms with Crippen LogP contribution in [-0.4, -0.2) is 50.1 Å². The molecule has 0 aromatic heterocycles. The van der Waals surface area contributed by atoms with Crippen LogP contribution in [-0.2, 0) is 0 Å². The minimum Gasteiger partial charge on any atom is -0.308 e. The monoisotopic (exact) mass is 284 g/mol. The maximum atomic E-state index is 2.73. The highest BCUT2D eigenvalue weighted by atomic mass is 15.2. The van der Waals surface area contributed by atoms with Crippen molar-refractivity contribution < 1.29 is 0 Å². The third-order valence-electron chi connectivity index (χ3n) is 4.18. The van der Waals surface area contributed by atoms with E-state index < -0.39 is 0 Å². The summed E-state index contributed by atoms with van der Waals surface area (Å²) in [6.07, 6.45) is 11.5. The average molecular weight is 285 g/mol. The molecule has 0 aliphatic heterocycles. The predicted molar refractivity (Wildman–Crippen MR) is 92.4 cm³/mol. The normalized spacial score (nSPS) is 16.4. The van der Waals surface area contributed by atoms with Crippen molar-refractivity contribution in [1.82, 2.24) is 9.80 Å². The number of hydrogen-bond donors (Lipinski definition) is 0. The van der Waals surface area contributed by atoms with E-state index in [1.54, 1.807) is 0 Å². The summed E-state index contributed by atoms with van der Waals surface area (Å²) >= 11 is 0. The standard InChI is InChI=1S/C16H34N2.C2H6/c1-4-5-9-12-18(14-13-17(2)3)15-16-10-7-6-8-11-16;1-2/h16H,4-15H2,1-3H3;1-2H3. The summed E-state index contributed by atoms with van der Waals surface area (Å²) in [7, 11) is 4.37. The van der Waals surface area contributed by atoms with Crippen LogP contribution in [0.4, 0.5) is 0 Å². The molecule has 1 rings (SSSR count). The highest BCUT2D eigenvalue weighted by Gasteiger charge is 2.16. The van der Waals surface area contributed by atoms with Gasteiger partial charge in [0.1, 0.15) is 0 Å². The largest absolute Gasteiger partial charge is 0.308 e. The molecule has 0 atom stereocenters. The third kappa shape index (κ3) is 10.7. The van der Waals surface area contributed by atoms with Crippen molar-refractivity contribution in [1.29, 1.82) is 0 Å². The first-order chi connectivity index (χ1) is 9.72. The minimum atomic E-state index is 0.988. The van der Waals surface area contributed by atoms with E-state index in [1.807, 2.05) is 13.8 Å². The van der Waals surface area contributed by atoms with Crippen LogP contribution in [0.15, 0.2) is 0 Å². The van der Waals surface area contributed by atoms with E-state index in [4.69, 9.17) is 0 Å². The van der Waals surface area contributed by atoms with Gasteiger partial charge in [0.15, 0.2) is 0 Å². The van der Waals surface area contributed by atoms with Gasteiger partial charge >= 0.3 is 0 Å². The Morgan fingerprint density at radius 2 is 1.50 bits per heavy atom. The molecule has 0 saturated heterocycles. The van der Waals surface area contributed by atoms with E-state index in [1.165, 1.54) is 77.5 Å². The fourth-order valence-corrected chi connectivity index (χ4v) is 2.96. The first-order valence-corrected chi connectivity index (χ1v) is 9.09. The summed E-state index contributed by atoms with van der Waals surface area (Å²) in [5.41, 5.74) is 0. The van der Waals surface area contributed by atoms with Gasteiger partial charge in [0.2, 0.25) is 0 Å². The Hall–Kier alpha value is -0.0800. The van der Waals surface area contributed by atoms with Crippen LogP contribution < -0.4 is 0 Å². The second-order valence-electron chi connectivity index (χ2n) is 6.32. The van der Waals surface area contributed by atoms with Crippen molar-refractivity contribution in [2.24, 2.45) is 5.92 Å². The van der Waals surface area contributed by atoms with E-state index >= 15 is 0 Å². The first-order valence-electron chi connectivity index (χ1n) is 9.09. The SMILES string of the molecule is CC.CCCCCN(CCN(C)C)CC1CCCCC1. The molecular weight excluding hydrogens is 244 g/mol. The summed E-state index contributed by atoms with van der Waals surface area (Å²) in [4.78, 5) is 5.04. The molecule has 0 aromatic rings. The van der Waals surface area contributed by atoms with Crippen LogP contribution >= 0.6 is 0 Å². The van der Waals surface area contributed by atoms with Gasteiger partial charge in [0, 0.05) is 19.6 Å². The Kier molecular flexibility index (Phi) is 13.8. The molecule has 1 fully saturated rings. The second kappa shape index (κ2) is 13.9. The van der Waals surface area contributed by atoms with Gasteiger partial charge in [-0.2, -0.15) is 0 Å². The molecular formula is C18H40N2. The van der Waals surface area contributed by atoms with Crippen molar-refractivity contribution in [2.75, 3.05) is 40.3 Å². The molecule has 20 heavy (non-hydrogen) atoms. The molecule has 0 amide bonds. The van der Waals surface area contributed by atoms with Gasteiger partial charge in [0.25, 0.3) is 0 Å². The van der Waals surface area contributed by atoms with Crippen LogP contribution in [0.5, 0.6) is 0 Å². The molecule has 1 aliphatic rings. The Labute approximate surface area is 128 Å². The molecule has 0 spiro atoms. The summed E-state index contributed by atoms with van der Waals surface area (Å²) in [5, 5.41) is 0. The summed E-state index contributed by atoms with van der Waals surface area (Å²) in [6, 6.07) is 0. The van der Waals surface area contributed by atoms with Crippen LogP contribution in [0.2, 0.25) is 0 Å². The second-order valence-corrected chi connectivity index (χ2v) is 6.32. The Morgan fingerprint density at radius 3 is 2.05 bits per heavy atom. The topological polar surface area (TPSA) is 6.48 Å². The highest BCUT2D eigenvalue weighted by molar-refractivity contribution is 4.71. The van der Waals surface area contributed by atoms with Gasteiger partial charge < -0.3 is 9.80 Å². The molecule has 1 saturated carbocycles. The summed E-state index contributed by atoms with van der Waals surface area (Å²) in [5.74, 6) is 0.988. The molecule has 0 radical (unpaired) electrons. The number of unbranched alkanes of at least 4 members (excludes halogenated alkanes) is 2. The van der Waals surface area contributed by atoms with Crippen molar-refractivity contribution in [3.05, 3.63) is 0 Å². The maximum absolute atomic E-state index is 2.73. The van der Waals surface area contributed by atoms with E-state index in [-0.39, 0.29) is 0 Å². The van der Waals surface area contributed by atoms with E-state index in [0.717, 1.165) is 5.92 Å². The lowest BCUT2D eigenvalue weighted by Gasteiger charge is -2.30. The molecule has 122 valence electrons. The van der Waals surface area contributed by atoms with Gasteiger partial charge in [-0.3, -0.25) is 0 Å². The van der Waals surface area contributed by atoms with Gasteiger partial charge in [-0.05, 0) is 45.8 Å². The van der Waals surface area contributed by atoms with Gasteiger partial charge in [0.05, 0.1) is 0 Å². The molecule has 0 N–H and O–H groups in total. The van der Waals surface area contributed by atoms with Crippen LogP contribution in [0.1, 0.15) is 72.1 Å². The molecule has 0 aromatic carbocycles. The van der Waals surface area contributed by atoms with E-state index in [0.29, 0.717) is 0 Å². The third-order valence-corrected chi connectivity index (χ3v) is 4.18. The zero-order chi connectivity index (χ0) is 15.2. The lowest BCUT2D eigenvalue weighted by atomic mass is 9.89. The fraction of sp³-hybridized carbons (Fsp3) is 1.00. The van der Waals surface area contributed by atoms with Crippen LogP contribution in [0.25, 0.3) is 0 Å². The van der Waals surface area contributed by atoms with Crippen molar-refractivity contribution in [2.45, 2.75) is 72.1 Å². The van der Waals surface area contributed by atoms with Crippen LogP contribution in [0.3, 0.4) is 0 Å². The number of rotatable bonds is 9. The van der Waals surface area contributed by atoms with Crippen molar-refractivity contribution in [3.63, 3.8) is 0 Å². The molecule has 2 nitrogen and oxygen atoms in total. The van der Waals surface area contributed by atoms with Crippen LogP contribution in [0, 0.1) is 5.92 Å². The fourth-order valence-electron chi connectivity index (χ4n) is 2.96.